The molecule has 20 heavy (non-hydrogen) atoms. The first-order valence-corrected chi connectivity index (χ1v) is 7.47. The van der Waals surface area contributed by atoms with Gasteiger partial charge < -0.3 is 14.5 Å². The van der Waals surface area contributed by atoms with E-state index in [1.807, 2.05) is 6.92 Å². The topological polar surface area (TPSA) is 54.7 Å². The van der Waals surface area contributed by atoms with Gasteiger partial charge in [-0.15, -0.1) is 0 Å². The molecule has 0 saturated carbocycles. The molecule has 0 aliphatic carbocycles. The number of carbonyl (C=O) groups is 1. The fourth-order valence-electron chi connectivity index (χ4n) is 3.32. The van der Waals surface area contributed by atoms with Crippen LogP contribution in [0.15, 0.2) is 16.7 Å². The largest absolute Gasteiger partial charge is 0.467 e. The average molecular weight is 278 g/mol. The molecule has 2 aliphatic rings. The standard InChI is InChI=1S/C15H22N2O3/c1-2-19-15(18)12-5-7-20-14(12)10-17-8-11-4-3-6-16-13(11)9-17/h5,7,11,13,16H,2-4,6,8-10H2,1H3. The smallest absolute Gasteiger partial charge is 0.341 e. The van der Waals surface area contributed by atoms with Gasteiger partial charge in [0.15, 0.2) is 0 Å². The van der Waals surface area contributed by atoms with Crippen LogP contribution in [0.2, 0.25) is 0 Å². The summed E-state index contributed by atoms with van der Waals surface area (Å²) in [5.74, 6) is 1.18. The molecule has 3 rings (SSSR count). The molecule has 1 aromatic heterocycles. The number of hydrogen-bond donors (Lipinski definition) is 1. The zero-order valence-electron chi connectivity index (χ0n) is 11.9. The van der Waals surface area contributed by atoms with Crippen LogP contribution in [0.1, 0.15) is 35.9 Å². The molecule has 2 fully saturated rings. The van der Waals surface area contributed by atoms with Crippen molar-refractivity contribution in [3.63, 3.8) is 0 Å². The number of carbonyl (C=O) groups excluding carboxylic acids is 1. The van der Waals surface area contributed by atoms with E-state index in [9.17, 15) is 4.79 Å². The molecule has 5 heteroatoms. The van der Waals surface area contributed by atoms with Crippen molar-refractivity contribution in [2.45, 2.75) is 32.4 Å². The molecule has 2 atom stereocenters. The lowest BCUT2D eigenvalue weighted by atomic mass is 9.94. The number of nitrogens with one attached hydrogen (secondary N) is 1. The minimum atomic E-state index is -0.286. The Balaban J connectivity index is 1.64. The Morgan fingerprint density at radius 2 is 2.45 bits per heavy atom. The Morgan fingerprint density at radius 1 is 1.55 bits per heavy atom. The molecule has 110 valence electrons. The second kappa shape index (κ2) is 5.97. The lowest BCUT2D eigenvalue weighted by molar-refractivity contribution is 0.0522. The van der Waals surface area contributed by atoms with E-state index in [0.29, 0.717) is 24.8 Å². The monoisotopic (exact) mass is 278 g/mol. The van der Waals surface area contributed by atoms with Crippen LogP contribution in [0, 0.1) is 5.92 Å². The van der Waals surface area contributed by atoms with Crippen molar-refractivity contribution in [1.29, 1.82) is 0 Å². The summed E-state index contributed by atoms with van der Waals surface area (Å²) >= 11 is 0. The van der Waals surface area contributed by atoms with Crippen molar-refractivity contribution in [2.24, 2.45) is 5.92 Å². The molecule has 0 spiro atoms. The van der Waals surface area contributed by atoms with E-state index in [0.717, 1.165) is 31.3 Å². The third kappa shape index (κ3) is 2.74. The van der Waals surface area contributed by atoms with Gasteiger partial charge in [-0.25, -0.2) is 4.79 Å². The Kier molecular flexibility index (Phi) is 4.08. The second-order valence-corrected chi connectivity index (χ2v) is 5.63. The minimum Gasteiger partial charge on any atom is -0.467 e. The lowest BCUT2D eigenvalue weighted by Crippen LogP contribution is -2.40. The van der Waals surface area contributed by atoms with Gasteiger partial charge in [0, 0.05) is 19.1 Å². The predicted octanol–water partition coefficient (Wildman–Crippen LogP) is 1.64. The molecule has 2 saturated heterocycles. The van der Waals surface area contributed by atoms with Crippen molar-refractivity contribution in [2.75, 3.05) is 26.2 Å². The Bertz CT molecular complexity index is 457. The number of likely N-dealkylation sites (tertiary alicyclic amines) is 1. The Morgan fingerprint density at radius 3 is 3.25 bits per heavy atom. The summed E-state index contributed by atoms with van der Waals surface area (Å²) in [6, 6.07) is 2.30. The molecule has 0 aromatic carbocycles. The van der Waals surface area contributed by atoms with E-state index in [1.165, 1.54) is 12.8 Å². The van der Waals surface area contributed by atoms with Gasteiger partial charge in [-0.2, -0.15) is 0 Å². The van der Waals surface area contributed by atoms with Crippen LogP contribution in [0.3, 0.4) is 0 Å². The maximum absolute atomic E-state index is 11.8. The number of nitrogens with zero attached hydrogens (tertiary/aromatic N) is 1. The van der Waals surface area contributed by atoms with Gasteiger partial charge in [0.2, 0.25) is 0 Å². The van der Waals surface area contributed by atoms with Crippen LogP contribution < -0.4 is 5.32 Å². The Hall–Kier alpha value is -1.33. The SMILES string of the molecule is CCOC(=O)c1ccoc1CN1CC2CCCNC2C1. The number of fused-ring (bicyclic) bond motifs is 1. The quantitative estimate of drug-likeness (QED) is 0.849. The molecule has 1 N–H and O–H groups in total. The highest BCUT2D eigenvalue weighted by Gasteiger charge is 2.34. The highest BCUT2D eigenvalue weighted by atomic mass is 16.5. The zero-order chi connectivity index (χ0) is 13.9. The second-order valence-electron chi connectivity index (χ2n) is 5.63. The Labute approximate surface area is 119 Å². The summed E-state index contributed by atoms with van der Waals surface area (Å²) in [5, 5.41) is 3.58. The molecule has 0 bridgehead atoms. The summed E-state index contributed by atoms with van der Waals surface area (Å²) in [6.45, 7) is 6.14. The number of rotatable bonds is 4. The van der Waals surface area contributed by atoms with Crippen molar-refractivity contribution in [1.82, 2.24) is 10.2 Å². The van der Waals surface area contributed by atoms with Crippen LogP contribution in [-0.4, -0.2) is 43.2 Å². The van der Waals surface area contributed by atoms with E-state index in [-0.39, 0.29) is 5.97 Å². The number of hydrogen-bond acceptors (Lipinski definition) is 5. The summed E-state index contributed by atoms with van der Waals surface area (Å²) in [7, 11) is 0. The molecule has 0 amide bonds. The number of furan rings is 1. The lowest BCUT2D eigenvalue weighted by Gasteiger charge is -2.24. The van der Waals surface area contributed by atoms with Gasteiger partial charge in [0.1, 0.15) is 11.3 Å². The highest BCUT2D eigenvalue weighted by molar-refractivity contribution is 5.90. The van der Waals surface area contributed by atoms with Crippen molar-refractivity contribution >= 4 is 5.97 Å². The predicted molar refractivity (Wildman–Crippen MR) is 74.5 cm³/mol. The van der Waals surface area contributed by atoms with E-state index in [4.69, 9.17) is 9.15 Å². The summed E-state index contributed by atoms with van der Waals surface area (Å²) < 4.78 is 10.5. The summed E-state index contributed by atoms with van der Waals surface area (Å²) in [6.07, 6.45) is 4.14. The highest BCUT2D eigenvalue weighted by Crippen LogP contribution is 2.27. The first-order chi connectivity index (χ1) is 9.78. The minimum absolute atomic E-state index is 0.286. The molecular formula is C15H22N2O3. The van der Waals surface area contributed by atoms with Crippen molar-refractivity contribution in [3.05, 3.63) is 23.7 Å². The molecular weight excluding hydrogens is 256 g/mol. The zero-order valence-corrected chi connectivity index (χ0v) is 11.9. The van der Waals surface area contributed by atoms with Gasteiger partial charge in [-0.05, 0) is 38.3 Å². The molecule has 2 aliphatic heterocycles. The van der Waals surface area contributed by atoms with E-state index >= 15 is 0 Å². The fourth-order valence-corrected chi connectivity index (χ4v) is 3.32. The first kappa shape index (κ1) is 13.6. The van der Waals surface area contributed by atoms with Gasteiger partial charge in [0.05, 0.1) is 19.4 Å². The van der Waals surface area contributed by atoms with E-state index in [2.05, 4.69) is 10.2 Å². The van der Waals surface area contributed by atoms with Crippen LogP contribution in [-0.2, 0) is 11.3 Å². The van der Waals surface area contributed by atoms with Crippen LogP contribution >= 0.6 is 0 Å². The van der Waals surface area contributed by atoms with Crippen molar-refractivity contribution in [3.8, 4) is 0 Å². The van der Waals surface area contributed by atoms with Gasteiger partial charge in [-0.1, -0.05) is 0 Å². The van der Waals surface area contributed by atoms with E-state index in [1.54, 1.807) is 12.3 Å². The number of piperidine rings is 1. The fraction of sp³-hybridized carbons (Fsp3) is 0.667. The van der Waals surface area contributed by atoms with Crippen LogP contribution in [0.25, 0.3) is 0 Å². The number of esters is 1. The molecule has 2 unspecified atom stereocenters. The van der Waals surface area contributed by atoms with Crippen LogP contribution in [0.5, 0.6) is 0 Å². The summed E-state index contributed by atoms with van der Waals surface area (Å²) in [5.41, 5.74) is 0.565. The van der Waals surface area contributed by atoms with Crippen molar-refractivity contribution < 1.29 is 13.9 Å². The normalized spacial score (nSPS) is 26.4. The maximum Gasteiger partial charge on any atom is 0.341 e. The van der Waals surface area contributed by atoms with Crippen LogP contribution in [0.4, 0.5) is 0 Å². The average Bonchev–Trinajstić information content (AvgIpc) is 3.05. The van der Waals surface area contributed by atoms with Gasteiger partial charge in [0.25, 0.3) is 0 Å². The molecule has 0 radical (unpaired) electrons. The maximum atomic E-state index is 11.8. The third-order valence-electron chi connectivity index (χ3n) is 4.28. The molecule has 5 nitrogen and oxygen atoms in total. The summed E-state index contributed by atoms with van der Waals surface area (Å²) in [4.78, 5) is 14.2. The molecule has 1 aromatic rings. The van der Waals surface area contributed by atoms with Gasteiger partial charge >= 0.3 is 5.97 Å². The first-order valence-electron chi connectivity index (χ1n) is 7.47. The van der Waals surface area contributed by atoms with E-state index < -0.39 is 0 Å². The van der Waals surface area contributed by atoms with Gasteiger partial charge in [-0.3, -0.25) is 4.90 Å². The molecule has 3 heterocycles. The number of ether oxygens (including phenoxy) is 1. The third-order valence-corrected chi connectivity index (χ3v) is 4.28.